The van der Waals surface area contributed by atoms with E-state index in [1.807, 2.05) is 13.8 Å². The number of hydrogen-bond acceptors (Lipinski definition) is 5. The number of benzene rings is 2. The molecule has 0 atom stereocenters. The highest BCUT2D eigenvalue weighted by Crippen LogP contribution is 2.30. The van der Waals surface area contributed by atoms with Gasteiger partial charge in [0.05, 0.1) is 22.9 Å². The molecule has 1 saturated heterocycles. The number of amides is 2. The number of aryl methyl sites for hydroxylation is 1. The van der Waals surface area contributed by atoms with Crippen molar-refractivity contribution in [2.75, 3.05) is 11.6 Å². The standard InChI is InChI=1S/C25H20Cl2N2O5/c1-3-10-33-25(32)18-11-15(5-8-20(18)26)22-9-7-17(34-22)13-19-23(30)28-29(24(19)31)16-6-4-14(2)21(27)12-16/h4-9,11-13H,3,10H2,1-2H3,(H,28,30)/b19-13-. The van der Waals surface area contributed by atoms with Crippen LogP contribution in [-0.4, -0.2) is 24.4 Å². The molecule has 174 valence electrons. The van der Waals surface area contributed by atoms with Crippen LogP contribution in [0.4, 0.5) is 5.69 Å². The Kier molecular flexibility index (Phi) is 6.77. The number of furan rings is 1. The van der Waals surface area contributed by atoms with Gasteiger partial charge in [0.25, 0.3) is 11.8 Å². The molecule has 2 amide bonds. The van der Waals surface area contributed by atoms with Gasteiger partial charge >= 0.3 is 5.97 Å². The summed E-state index contributed by atoms with van der Waals surface area (Å²) < 4.78 is 11.0. The van der Waals surface area contributed by atoms with Crippen LogP contribution in [0.25, 0.3) is 17.4 Å². The van der Waals surface area contributed by atoms with Gasteiger partial charge in [-0.05, 0) is 67.4 Å². The molecule has 2 aromatic carbocycles. The molecule has 7 nitrogen and oxygen atoms in total. The Bertz CT molecular complexity index is 1330. The lowest BCUT2D eigenvalue weighted by Crippen LogP contribution is -2.35. The number of ether oxygens (including phenoxy) is 1. The number of halogens is 2. The third-order valence-electron chi connectivity index (χ3n) is 5.13. The molecule has 3 aromatic rings. The van der Waals surface area contributed by atoms with Gasteiger partial charge in [0.1, 0.15) is 17.1 Å². The zero-order valence-electron chi connectivity index (χ0n) is 18.4. The normalized spacial score (nSPS) is 14.6. The number of esters is 1. The fourth-order valence-electron chi connectivity index (χ4n) is 3.30. The molecule has 9 heteroatoms. The summed E-state index contributed by atoms with van der Waals surface area (Å²) in [4.78, 5) is 37.6. The zero-order chi connectivity index (χ0) is 24.4. The Morgan fingerprint density at radius 1 is 1.09 bits per heavy atom. The van der Waals surface area contributed by atoms with Crippen molar-refractivity contribution >= 4 is 52.7 Å². The maximum atomic E-state index is 12.9. The lowest BCUT2D eigenvalue weighted by Gasteiger charge is -2.15. The van der Waals surface area contributed by atoms with E-state index >= 15 is 0 Å². The molecule has 0 saturated carbocycles. The first-order chi connectivity index (χ1) is 16.3. The predicted molar refractivity (Wildman–Crippen MR) is 130 cm³/mol. The summed E-state index contributed by atoms with van der Waals surface area (Å²) in [5.74, 6) is -0.891. The lowest BCUT2D eigenvalue weighted by molar-refractivity contribution is -0.117. The fourth-order valence-corrected chi connectivity index (χ4v) is 3.66. The second-order valence-electron chi connectivity index (χ2n) is 7.61. The Hall–Kier alpha value is -3.55. The summed E-state index contributed by atoms with van der Waals surface area (Å²) in [7, 11) is 0. The minimum atomic E-state index is -0.563. The number of nitrogens with one attached hydrogen (secondary N) is 1. The highest BCUT2D eigenvalue weighted by molar-refractivity contribution is 6.34. The number of rotatable bonds is 6. The first-order valence-electron chi connectivity index (χ1n) is 10.5. The van der Waals surface area contributed by atoms with E-state index in [0.717, 1.165) is 10.6 Å². The maximum absolute atomic E-state index is 12.9. The van der Waals surface area contributed by atoms with Crippen LogP contribution in [0, 0.1) is 6.92 Å². The molecular formula is C25H20Cl2N2O5. The van der Waals surface area contributed by atoms with Crippen LogP contribution >= 0.6 is 23.2 Å². The van der Waals surface area contributed by atoms with Gasteiger partial charge in [-0.25, -0.2) is 9.80 Å². The molecule has 0 unspecified atom stereocenters. The second-order valence-corrected chi connectivity index (χ2v) is 8.42. The molecule has 0 spiro atoms. The molecule has 4 rings (SSSR count). The molecule has 1 aliphatic rings. The van der Waals surface area contributed by atoms with Gasteiger partial charge in [-0.15, -0.1) is 0 Å². The lowest BCUT2D eigenvalue weighted by atomic mass is 10.1. The number of carbonyl (C=O) groups is 3. The molecule has 2 heterocycles. The van der Waals surface area contributed by atoms with Crippen molar-refractivity contribution < 1.29 is 23.5 Å². The van der Waals surface area contributed by atoms with Gasteiger partial charge in [-0.3, -0.25) is 15.0 Å². The van der Waals surface area contributed by atoms with Gasteiger partial charge in [-0.2, -0.15) is 0 Å². The van der Waals surface area contributed by atoms with Crippen LogP contribution in [0.3, 0.4) is 0 Å². The van der Waals surface area contributed by atoms with E-state index < -0.39 is 17.8 Å². The topological polar surface area (TPSA) is 88.9 Å². The molecule has 0 aliphatic carbocycles. The monoisotopic (exact) mass is 498 g/mol. The number of hydrazine groups is 1. The van der Waals surface area contributed by atoms with Crippen molar-refractivity contribution in [2.24, 2.45) is 0 Å². The highest BCUT2D eigenvalue weighted by atomic mass is 35.5. The van der Waals surface area contributed by atoms with Crippen molar-refractivity contribution in [1.82, 2.24) is 5.43 Å². The van der Waals surface area contributed by atoms with E-state index in [0.29, 0.717) is 40.8 Å². The third-order valence-corrected chi connectivity index (χ3v) is 5.86. The fraction of sp³-hybridized carbons (Fsp3) is 0.160. The van der Waals surface area contributed by atoms with Crippen LogP contribution in [-0.2, 0) is 14.3 Å². The molecule has 1 aromatic heterocycles. The van der Waals surface area contributed by atoms with E-state index in [1.54, 1.807) is 48.5 Å². The van der Waals surface area contributed by atoms with Crippen molar-refractivity contribution in [3.8, 4) is 11.3 Å². The smallest absolute Gasteiger partial charge is 0.339 e. The average Bonchev–Trinajstić information content (AvgIpc) is 3.40. The van der Waals surface area contributed by atoms with Crippen molar-refractivity contribution in [3.63, 3.8) is 0 Å². The molecular weight excluding hydrogens is 479 g/mol. The summed E-state index contributed by atoms with van der Waals surface area (Å²) in [5.41, 5.74) is 4.56. The van der Waals surface area contributed by atoms with Gasteiger partial charge in [-0.1, -0.05) is 36.2 Å². The van der Waals surface area contributed by atoms with Crippen LogP contribution in [0.5, 0.6) is 0 Å². The Morgan fingerprint density at radius 3 is 2.62 bits per heavy atom. The van der Waals surface area contributed by atoms with E-state index in [9.17, 15) is 14.4 Å². The zero-order valence-corrected chi connectivity index (χ0v) is 19.9. The summed E-state index contributed by atoms with van der Waals surface area (Å²) >= 11 is 12.3. The van der Waals surface area contributed by atoms with Gasteiger partial charge in [0.15, 0.2) is 0 Å². The van der Waals surface area contributed by atoms with Crippen molar-refractivity contribution in [2.45, 2.75) is 20.3 Å². The van der Waals surface area contributed by atoms with Crippen LogP contribution in [0.15, 0.2) is 58.5 Å². The minimum Gasteiger partial charge on any atom is -0.462 e. The van der Waals surface area contributed by atoms with Crippen LogP contribution in [0.2, 0.25) is 10.0 Å². The summed E-state index contributed by atoms with van der Waals surface area (Å²) in [5, 5.41) is 1.88. The third kappa shape index (κ3) is 4.71. The number of carbonyl (C=O) groups excluding carboxylic acids is 3. The second kappa shape index (κ2) is 9.75. The quantitative estimate of drug-likeness (QED) is 0.271. The average molecular weight is 499 g/mol. The Labute approximate surface area is 205 Å². The van der Waals surface area contributed by atoms with Gasteiger partial charge < -0.3 is 9.15 Å². The molecule has 1 aliphatic heterocycles. The van der Waals surface area contributed by atoms with Gasteiger partial charge in [0, 0.05) is 10.6 Å². The molecule has 0 radical (unpaired) electrons. The van der Waals surface area contributed by atoms with E-state index in [-0.39, 0.29) is 16.2 Å². The molecule has 1 N–H and O–H groups in total. The van der Waals surface area contributed by atoms with E-state index in [2.05, 4.69) is 5.43 Å². The van der Waals surface area contributed by atoms with E-state index in [4.69, 9.17) is 32.4 Å². The largest absolute Gasteiger partial charge is 0.462 e. The SMILES string of the molecule is CCCOC(=O)c1cc(-c2ccc(/C=C3/C(=O)NN(c4ccc(C)c(Cl)c4)C3=O)o2)ccc1Cl. The molecule has 34 heavy (non-hydrogen) atoms. The first kappa shape index (κ1) is 23.6. The summed E-state index contributed by atoms with van der Waals surface area (Å²) in [6, 6.07) is 13.2. The highest BCUT2D eigenvalue weighted by Gasteiger charge is 2.35. The molecule has 0 bridgehead atoms. The maximum Gasteiger partial charge on any atom is 0.339 e. The number of hydrogen-bond donors (Lipinski definition) is 1. The number of anilines is 1. The minimum absolute atomic E-state index is 0.0856. The number of nitrogens with zero attached hydrogens (tertiary/aromatic N) is 1. The van der Waals surface area contributed by atoms with Crippen molar-refractivity contribution in [1.29, 1.82) is 0 Å². The van der Waals surface area contributed by atoms with E-state index in [1.165, 1.54) is 6.08 Å². The van der Waals surface area contributed by atoms with Gasteiger partial charge in [0.2, 0.25) is 0 Å². The predicted octanol–water partition coefficient (Wildman–Crippen LogP) is 5.59. The van der Waals surface area contributed by atoms with Crippen LogP contribution in [0.1, 0.15) is 35.0 Å². The Balaban J connectivity index is 1.58. The summed E-state index contributed by atoms with van der Waals surface area (Å²) in [6.07, 6.45) is 2.06. The Morgan fingerprint density at radius 2 is 1.88 bits per heavy atom. The molecule has 1 fully saturated rings. The van der Waals surface area contributed by atoms with Crippen molar-refractivity contribution in [3.05, 3.63) is 81.0 Å². The van der Waals surface area contributed by atoms with Crippen LogP contribution < -0.4 is 10.4 Å². The first-order valence-corrected chi connectivity index (χ1v) is 11.2. The summed E-state index contributed by atoms with van der Waals surface area (Å²) in [6.45, 7) is 4.03.